The van der Waals surface area contributed by atoms with Crippen molar-refractivity contribution in [1.29, 1.82) is 0 Å². The van der Waals surface area contributed by atoms with Crippen LogP contribution in [0.5, 0.6) is 0 Å². The monoisotopic (exact) mass is 279 g/mol. The Hall–Kier alpha value is -1.66. The van der Waals surface area contributed by atoms with Gasteiger partial charge in [0, 0.05) is 25.3 Å². The molecule has 1 aliphatic rings. The quantitative estimate of drug-likeness (QED) is 0.820. The zero-order chi connectivity index (χ0) is 14.9. The maximum atomic E-state index is 12.4. The van der Waals surface area contributed by atoms with Crippen LogP contribution >= 0.6 is 0 Å². The van der Waals surface area contributed by atoms with Gasteiger partial charge in [-0.1, -0.05) is 0 Å². The number of hydrogen-bond acceptors (Lipinski definition) is 4. The number of pyridine rings is 1. The molecule has 0 radical (unpaired) electrons. The average Bonchev–Trinajstić information content (AvgIpc) is 2.38. The van der Waals surface area contributed by atoms with E-state index >= 15 is 0 Å². The van der Waals surface area contributed by atoms with Gasteiger partial charge in [-0.2, -0.15) is 0 Å². The minimum absolute atomic E-state index is 0.0602. The van der Waals surface area contributed by atoms with Gasteiger partial charge < -0.3 is 19.9 Å². The van der Waals surface area contributed by atoms with E-state index in [-0.39, 0.29) is 11.6 Å². The fourth-order valence-corrected chi connectivity index (χ4v) is 2.44. The molecule has 6 nitrogen and oxygen atoms in total. The Morgan fingerprint density at radius 3 is 2.85 bits per heavy atom. The fourth-order valence-electron chi connectivity index (χ4n) is 2.44. The van der Waals surface area contributed by atoms with Crippen LogP contribution in [0, 0.1) is 0 Å². The Bertz CT molecular complexity index is 578. The van der Waals surface area contributed by atoms with Crippen LogP contribution in [-0.2, 0) is 19.5 Å². The number of carbonyl (C=O) groups is 1. The number of carboxylic acid groups (broad SMARTS) is 1. The van der Waals surface area contributed by atoms with Gasteiger partial charge in [-0.25, -0.2) is 4.79 Å². The van der Waals surface area contributed by atoms with Crippen LogP contribution in [0.15, 0.2) is 11.0 Å². The molecule has 2 N–H and O–H groups in total. The number of nitrogens with zero attached hydrogens (tertiary/aromatic N) is 2. The smallest absolute Gasteiger partial charge is 0.341 e. The lowest BCUT2D eigenvalue weighted by molar-refractivity contribution is 0.0692. The number of aromatic nitrogens is 1. The molecular weight excluding hydrogens is 258 g/mol. The third-order valence-electron chi connectivity index (χ3n) is 3.90. The van der Waals surface area contributed by atoms with E-state index in [2.05, 4.69) is 5.32 Å². The molecule has 0 aromatic carbocycles. The largest absolute Gasteiger partial charge is 0.477 e. The predicted octanol–water partition coefficient (Wildman–Crippen LogP) is 0.142. The highest BCUT2D eigenvalue weighted by Crippen LogP contribution is 2.16. The van der Waals surface area contributed by atoms with Gasteiger partial charge in [0.25, 0.3) is 5.56 Å². The first-order valence-electron chi connectivity index (χ1n) is 6.77. The Balaban J connectivity index is 2.51. The molecule has 20 heavy (non-hydrogen) atoms. The molecule has 2 rings (SSSR count). The van der Waals surface area contributed by atoms with Gasteiger partial charge in [0.2, 0.25) is 0 Å². The third kappa shape index (κ3) is 2.76. The lowest BCUT2D eigenvalue weighted by Gasteiger charge is -2.24. The van der Waals surface area contributed by atoms with E-state index in [1.54, 1.807) is 6.20 Å². The Kier molecular flexibility index (Phi) is 4.25. The first kappa shape index (κ1) is 14.7. The number of fused-ring (bicyclic) bond motifs is 1. The van der Waals surface area contributed by atoms with Crippen molar-refractivity contribution < 1.29 is 9.90 Å². The molecular formula is C14H21N3O3. The number of aromatic carboxylic acids is 1. The Labute approximate surface area is 118 Å². The van der Waals surface area contributed by atoms with Gasteiger partial charge in [-0.3, -0.25) is 4.79 Å². The Morgan fingerprint density at radius 1 is 1.55 bits per heavy atom. The second kappa shape index (κ2) is 5.76. The molecule has 1 atom stereocenters. The van der Waals surface area contributed by atoms with E-state index in [9.17, 15) is 14.7 Å². The molecule has 0 amide bonds. The summed E-state index contributed by atoms with van der Waals surface area (Å²) in [4.78, 5) is 25.8. The third-order valence-corrected chi connectivity index (χ3v) is 3.90. The summed E-state index contributed by atoms with van der Waals surface area (Å²) in [6.07, 6.45) is 2.40. The molecule has 2 heterocycles. The molecule has 0 saturated heterocycles. The van der Waals surface area contributed by atoms with Gasteiger partial charge in [0.1, 0.15) is 5.56 Å². The van der Waals surface area contributed by atoms with Crippen LogP contribution in [0.4, 0.5) is 0 Å². The summed E-state index contributed by atoms with van der Waals surface area (Å²) in [5.74, 6) is -1.12. The van der Waals surface area contributed by atoms with Crippen molar-refractivity contribution in [3.63, 3.8) is 0 Å². The molecule has 0 spiro atoms. The summed E-state index contributed by atoms with van der Waals surface area (Å²) < 4.78 is 1.53. The second-order valence-corrected chi connectivity index (χ2v) is 5.51. The Morgan fingerprint density at radius 2 is 2.25 bits per heavy atom. The first-order valence-corrected chi connectivity index (χ1v) is 6.77. The first-order chi connectivity index (χ1) is 9.41. The van der Waals surface area contributed by atoms with Crippen molar-refractivity contribution in [2.75, 3.05) is 20.6 Å². The van der Waals surface area contributed by atoms with Gasteiger partial charge in [-0.05, 0) is 45.1 Å². The number of carboxylic acids is 1. The molecule has 1 unspecified atom stereocenters. The normalized spacial score (nSPS) is 16.0. The topological polar surface area (TPSA) is 74.6 Å². The van der Waals surface area contributed by atoms with E-state index in [0.717, 1.165) is 5.56 Å². The zero-order valence-electron chi connectivity index (χ0n) is 12.1. The minimum atomic E-state index is -1.12. The van der Waals surface area contributed by atoms with Gasteiger partial charge in [0.15, 0.2) is 0 Å². The van der Waals surface area contributed by atoms with Crippen LogP contribution in [0.2, 0.25) is 0 Å². The standard InChI is InChI=1S/C14H21N3O3/c1-9(16(2)3)7-17-8-10-6-15-5-4-11(10)12(13(17)18)14(19)20/h8-9,15H,4-7H2,1-3H3,(H,19,20). The van der Waals surface area contributed by atoms with E-state index in [0.29, 0.717) is 31.6 Å². The highest BCUT2D eigenvalue weighted by Gasteiger charge is 2.23. The van der Waals surface area contributed by atoms with Crippen molar-refractivity contribution >= 4 is 5.97 Å². The molecule has 6 heteroatoms. The van der Waals surface area contributed by atoms with E-state index in [4.69, 9.17) is 0 Å². The summed E-state index contributed by atoms with van der Waals surface area (Å²) in [7, 11) is 3.88. The van der Waals surface area contributed by atoms with Gasteiger partial charge in [0.05, 0.1) is 0 Å². The van der Waals surface area contributed by atoms with Gasteiger partial charge in [-0.15, -0.1) is 0 Å². The molecule has 0 saturated carbocycles. The number of hydrogen-bond donors (Lipinski definition) is 2. The average molecular weight is 279 g/mol. The number of likely N-dealkylation sites (N-methyl/N-ethyl adjacent to an activating group) is 1. The molecule has 1 aromatic rings. The van der Waals surface area contributed by atoms with Crippen LogP contribution in [-0.4, -0.2) is 47.2 Å². The van der Waals surface area contributed by atoms with Crippen LogP contribution < -0.4 is 10.9 Å². The van der Waals surface area contributed by atoms with Crippen molar-refractivity contribution in [3.8, 4) is 0 Å². The summed E-state index contributed by atoms with van der Waals surface area (Å²) in [6, 6.07) is 0.156. The minimum Gasteiger partial charge on any atom is -0.477 e. The molecule has 0 aliphatic carbocycles. The lowest BCUT2D eigenvalue weighted by Crippen LogP contribution is -2.38. The fraction of sp³-hybridized carbons (Fsp3) is 0.571. The summed E-state index contributed by atoms with van der Waals surface area (Å²) >= 11 is 0. The molecule has 1 aliphatic heterocycles. The number of rotatable bonds is 4. The summed E-state index contributed by atoms with van der Waals surface area (Å²) in [5.41, 5.74) is 1.15. The number of nitrogens with one attached hydrogen (secondary N) is 1. The summed E-state index contributed by atoms with van der Waals surface area (Å²) in [6.45, 7) is 3.82. The van der Waals surface area contributed by atoms with Crippen molar-refractivity contribution in [3.05, 3.63) is 33.2 Å². The second-order valence-electron chi connectivity index (χ2n) is 5.51. The maximum absolute atomic E-state index is 12.4. The van der Waals surface area contributed by atoms with E-state index in [1.807, 2.05) is 25.9 Å². The SMILES string of the molecule is CC(Cn1cc2c(c(C(=O)O)c1=O)CCNC2)N(C)C. The van der Waals surface area contributed by atoms with E-state index < -0.39 is 11.5 Å². The van der Waals surface area contributed by atoms with Crippen molar-refractivity contribution in [1.82, 2.24) is 14.8 Å². The van der Waals surface area contributed by atoms with Crippen molar-refractivity contribution in [2.24, 2.45) is 0 Å². The molecule has 110 valence electrons. The summed E-state index contributed by atoms with van der Waals surface area (Å²) in [5, 5.41) is 12.6. The zero-order valence-corrected chi connectivity index (χ0v) is 12.1. The highest BCUT2D eigenvalue weighted by molar-refractivity contribution is 5.89. The molecule has 1 aromatic heterocycles. The van der Waals surface area contributed by atoms with Gasteiger partial charge >= 0.3 is 5.97 Å². The predicted molar refractivity (Wildman–Crippen MR) is 76.2 cm³/mol. The molecule has 0 bridgehead atoms. The van der Waals surface area contributed by atoms with E-state index in [1.165, 1.54) is 4.57 Å². The molecule has 0 fully saturated rings. The van der Waals surface area contributed by atoms with Crippen molar-refractivity contribution in [2.45, 2.75) is 32.5 Å². The maximum Gasteiger partial charge on any atom is 0.341 e. The lowest BCUT2D eigenvalue weighted by atomic mass is 9.97. The van der Waals surface area contributed by atoms with Crippen LogP contribution in [0.1, 0.15) is 28.4 Å². The van der Waals surface area contributed by atoms with Crippen LogP contribution in [0.3, 0.4) is 0 Å². The highest BCUT2D eigenvalue weighted by atomic mass is 16.4. The van der Waals surface area contributed by atoms with Crippen LogP contribution in [0.25, 0.3) is 0 Å².